The first-order valence-electron chi connectivity index (χ1n) is 9.84. The Morgan fingerprint density at radius 3 is 2.14 bits per heavy atom. The molecule has 0 amide bonds. The minimum absolute atomic E-state index is 0.313. The average Bonchev–Trinajstić information content (AvgIpc) is 3.07. The van der Waals surface area contributed by atoms with Gasteiger partial charge in [-0.05, 0) is 39.9 Å². The lowest BCUT2D eigenvalue weighted by atomic mass is 9.91. The smallest absolute Gasteiger partial charge is 0.124 e. The van der Waals surface area contributed by atoms with Gasteiger partial charge in [0.2, 0.25) is 0 Å². The molecule has 0 aliphatic heterocycles. The van der Waals surface area contributed by atoms with E-state index in [4.69, 9.17) is 0 Å². The summed E-state index contributed by atoms with van der Waals surface area (Å²) in [5.41, 5.74) is 4.37. The fraction of sp³-hybridized carbons (Fsp3) is 0.0370. The lowest BCUT2D eigenvalue weighted by Gasteiger charge is -2.13. The topological polar surface area (TPSA) is 25.2 Å². The number of nitrogens with zero attached hydrogens (tertiary/aromatic N) is 1. The third kappa shape index (κ3) is 2.17. The van der Waals surface area contributed by atoms with Crippen LogP contribution in [-0.4, -0.2) is 9.67 Å². The first-order valence-corrected chi connectivity index (χ1v) is 9.84. The summed E-state index contributed by atoms with van der Waals surface area (Å²) in [6.45, 7) is 0. The second-order valence-electron chi connectivity index (χ2n) is 7.63. The second-order valence-corrected chi connectivity index (χ2v) is 7.63. The molecular formula is C27H19NO. The average molecular weight is 373 g/mol. The molecule has 1 aromatic heterocycles. The Hall–Kier alpha value is -3.78. The number of aromatic nitrogens is 1. The highest BCUT2D eigenvalue weighted by molar-refractivity contribution is 6.25. The first-order chi connectivity index (χ1) is 14.2. The van der Waals surface area contributed by atoms with Crippen molar-refractivity contribution in [2.75, 3.05) is 0 Å². The van der Waals surface area contributed by atoms with E-state index in [-0.39, 0.29) is 0 Å². The molecule has 0 atom stereocenters. The van der Waals surface area contributed by atoms with E-state index in [0.29, 0.717) is 5.75 Å². The monoisotopic (exact) mass is 373 g/mol. The molecule has 0 aliphatic rings. The van der Waals surface area contributed by atoms with Gasteiger partial charge in [0, 0.05) is 34.3 Å². The summed E-state index contributed by atoms with van der Waals surface area (Å²) in [6, 6.07) is 31.3. The Morgan fingerprint density at radius 1 is 0.655 bits per heavy atom. The van der Waals surface area contributed by atoms with Gasteiger partial charge >= 0.3 is 0 Å². The normalized spacial score (nSPS) is 11.8. The standard InChI is InChI=1S/C27H19NO/c1-28-23-13-7-6-12-21(23)26-22(16-18-9-3-5-11-20(18)27(26)28)25-19-10-4-2-8-17(19)14-15-24(25)29/h2-16,29H,1H3. The molecule has 0 radical (unpaired) electrons. The van der Waals surface area contributed by atoms with Gasteiger partial charge in [0.1, 0.15) is 5.75 Å². The van der Waals surface area contributed by atoms with E-state index in [1.54, 1.807) is 0 Å². The van der Waals surface area contributed by atoms with E-state index in [0.717, 1.165) is 21.9 Å². The summed E-state index contributed by atoms with van der Waals surface area (Å²) < 4.78 is 2.28. The molecule has 1 N–H and O–H groups in total. The minimum Gasteiger partial charge on any atom is -0.507 e. The van der Waals surface area contributed by atoms with Crippen molar-refractivity contribution in [2.45, 2.75) is 0 Å². The summed E-state index contributed by atoms with van der Waals surface area (Å²) in [4.78, 5) is 0. The maximum atomic E-state index is 11.0. The third-order valence-corrected chi connectivity index (χ3v) is 6.07. The van der Waals surface area contributed by atoms with Crippen molar-refractivity contribution < 1.29 is 5.11 Å². The molecule has 0 bridgehead atoms. The predicted octanol–water partition coefficient (Wildman–Crippen LogP) is 7.01. The van der Waals surface area contributed by atoms with Crippen LogP contribution in [-0.2, 0) is 7.05 Å². The molecule has 0 spiro atoms. The van der Waals surface area contributed by atoms with Gasteiger partial charge in [-0.3, -0.25) is 0 Å². The van der Waals surface area contributed by atoms with Gasteiger partial charge in [-0.15, -0.1) is 0 Å². The number of phenols is 1. The number of hydrogen-bond acceptors (Lipinski definition) is 1. The Kier molecular flexibility index (Phi) is 3.27. The van der Waals surface area contributed by atoms with Crippen molar-refractivity contribution in [3.63, 3.8) is 0 Å². The highest BCUT2D eigenvalue weighted by Gasteiger charge is 2.19. The Bertz CT molecular complexity index is 1570. The summed E-state index contributed by atoms with van der Waals surface area (Å²) in [7, 11) is 2.13. The van der Waals surface area contributed by atoms with Gasteiger partial charge in [-0.25, -0.2) is 0 Å². The van der Waals surface area contributed by atoms with Crippen LogP contribution in [0.15, 0.2) is 91.0 Å². The SMILES string of the molecule is Cn1c2ccccc2c2c(-c3c(O)ccc4ccccc34)cc3ccccc3c21. The van der Waals surface area contributed by atoms with Gasteiger partial charge < -0.3 is 9.67 Å². The van der Waals surface area contributed by atoms with E-state index in [1.807, 2.05) is 24.3 Å². The van der Waals surface area contributed by atoms with Gasteiger partial charge in [0.15, 0.2) is 0 Å². The molecule has 0 saturated heterocycles. The van der Waals surface area contributed by atoms with Crippen LogP contribution in [0.2, 0.25) is 0 Å². The van der Waals surface area contributed by atoms with Crippen molar-refractivity contribution in [2.24, 2.45) is 7.05 Å². The Morgan fingerprint density at radius 2 is 1.31 bits per heavy atom. The second kappa shape index (κ2) is 5.86. The molecule has 0 aliphatic carbocycles. The summed E-state index contributed by atoms with van der Waals surface area (Å²) in [5, 5.41) is 18.0. The summed E-state index contributed by atoms with van der Waals surface area (Å²) >= 11 is 0. The maximum absolute atomic E-state index is 11.0. The Balaban J connectivity index is 1.93. The quantitative estimate of drug-likeness (QED) is 0.329. The molecule has 2 nitrogen and oxygen atoms in total. The lowest BCUT2D eigenvalue weighted by Crippen LogP contribution is -1.90. The van der Waals surface area contributed by atoms with Crippen molar-refractivity contribution in [3.05, 3.63) is 91.0 Å². The zero-order chi connectivity index (χ0) is 19.5. The van der Waals surface area contributed by atoms with Crippen molar-refractivity contribution in [1.82, 2.24) is 4.57 Å². The molecule has 0 saturated carbocycles. The molecular weight excluding hydrogens is 354 g/mol. The fourth-order valence-corrected chi connectivity index (χ4v) is 4.79. The molecule has 6 aromatic rings. The molecule has 0 fully saturated rings. The van der Waals surface area contributed by atoms with E-state index >= 15 is 0 Å². The van der Waals surface area contributed by atoms with Gasteiger partial charge in [-0.2, -0.15) is 0 Å². The van der Waals surface area contributed by atoms with Gasteiger partial charge in [0.25, 0.3) is 0 Å². The first kappa shape index (κ1) is 16.2. The molecule has 5 aromatic carbocycles. The van der Waals surface area contributed by atoms with Crippen molar-refractivity contribution >= 4 is 43.4 Å². The highest BCUT2D eigenvalue weighted by atomic mass is 16.3. The number of rotatable bonds is 1. The van der Waals surface area contributed by atoms with E-state index in [9.17, 15) is 5.11 Å². The number of aromatic hydroxyl groups is 1. The van der Waals surface area contributed by atoms with E-state index in [1.165, 1.54) is 32.6 Å². The number of phenolic OH excluding ortho intramolecular Hbond substituents is 1. The molecule has 29 heavy (non-hydrogen) atoms. The number of para-hydroxylation sites is 1. The fourth-order valence-electron chi connectivity index (χ4n) is 4.79. The van der Waals surface area contributed by atoms with Crippen LogP contribution in [0.1, 0.15) is 0 Å². The molecule has 2 heteroatoms. The van der Waals surface area contributed by atoms with E-state index < -0.39 is 0 Å². The molecule has 138 valence electrons. The van der Waals surface area contributed by atoms with Gasteiger partial charge in [-0.1, -0.05) is 72.8 Å². The predicted molar refractivity (Wildman–Crippen MR) is 123 cm³/mol. The number of benzene rings is 5. The molecule has 1 heterocycles. The molecule has 0 unspecified atom stereocenters. The third-order valence-electron chi connectivity index (χ3n) is 6.07. The summed E-state index contributed by atoms with van der Waals surface area (Å²) in [6.07, 6.45) is 0. The number of aryl methyl sites for hydroxylation is 1. The van der Waals surface area contributed by atoms with Crippen LogP contribution < -0.4 is 0 Å². The Labute approximate surface area is 168 Å². The van der Waals surface area contributed by atoms with Crippen molar-refractivity contribution in [3.8, 4) is 16.9 Å². The minimum atomic E-state index is 0.313. The number of fused-ring (bicyclic) bond motifs is 6. The zero-order valence-corrected chi connectivity index (χ0v) is 16.1. The van der Waals surface area contributed by atoms with Crippen LogP contribution in [0.25, 0.3) is 54.5 Å². The zero-order valence-electron chi connectivity index (χ0n) is 16.1. The highest BCUT2D eigenvalue weighted by Crippen LogP contribution is 2.45. The van der Waals surface area contributed by atoms with E-state index in [2.05, 4.69) is 78.3 Å². The molecule has 6 rings (SSSR count). The van der Waals surface area contributed by atoms with Gasteiger partial charge in [0.05, 0.1) is 5.52 Å². The van der Waals surface area contributed by atoms with Crippen LogP contribution in [0.4, 0.5) is 0 Å². The van der Waals surface area contributed by atoms with Crippen molar-refractivity contribution in [1.29, 1.82) is 0 Å². The summed E-state index contributed by atoms with van der Waals surface area (Å²) in [5.74, 6) is 0.313. The van der Waals surface area contributed by atoms with Crippen LogP contribution in [0.5, 0.6) is 5.75 Å². The van der Waals surface area contributed by atoms with Crippen LogP contribution in [0, 0.1) is 0 Å². The lowest BCUT2D eigenvalue weighted by molar-refractivity contribution is 0.478. The van der Waals surface area contributed by atoms with Crippen LogP contribution >= 0.6 is 0 Å². The number of hydrogen-bond donors (Lipinski definition) is 1. The largest absolute Gasteiger partial charge is 0.507 e. The van der Waals surface area contributed by atoms with Crippen LogP contribution in [0.3, 0.4) is 0 Å². The maximum Gasteiger partial charge on any atom is 0.124 e.